The summed E-state index contributed by atoms with van der Waals surface area (Å²) in [6, 6.07) is 0.724. The van der Waals surface area contributed by atoms with Crippen molar-refractivity contribution in [2.75, 3.05) is 32.7 Å². The normalized spacial score (nSPS) is 11.9. The van der Waals surface area contributed by atoms with E-state index in [2.05, 4.69) is 51.3 Å². The van der Waals surface area contributed by atoms with E-state index in [1.165, 1.54) is 58.4 Å². The molecule has 0 N–H and O–H groups in total. The standard InChI is InChI=1S/C9H20N.C8H18N.C2H5.In/c1-5-7-10(8-6-2)9(3)4;1-4-7-9(6-3)8-5-2;1-2;/h9H,1,5-8H2,2-4H3;1,4-8H2,2-3H3;1H2,2H3;. The van der Waals surface area contributed by atoms with Crippen LogP contribution in [0.1, 0.15) is 67.2 Å². The molecule has 0 saturated heterocycles. The number of rotatable bonds is 15. The molecule has 0 aromatic rings. The average molecular weight is 414 g/mol. The molecule has 22 heavy (non-hydrogen) atoms. The Kier molecular flexibility index (Phi) is 15.9. The summed E-state index contributed by atoms with van der Waals surface area (Å²) in [6.07, 6.45) is 5.55. The molecule has 0 radical (unpaired) electrons. The van der Waals surface area contributed by atoms with Crippen LogP contribution >= 0.6 is 0 Å². The van der Waals surface area contributed by atoms with Crippen LogP contribution in [-0.2, 0) is 0 Å². The van der Waals surface area contributed by atoms with Crippen LogP contribution in [0, 0.1) is 0 Å². The van der Waals surface area contributed by atoms with Gasteiger partial charge >= 0.3 is 150 Å². The van der Waals surface area contributed by atoms with Crippen LogP contribution in [0.4, 0.5) is 0 Å². The summed E-state index contributed by atoms with van der Waals surface area (Å²) in [5.74, 6) is 0. The molecule has 0 aromatic carbocycles. The Morgan fingerprint density at radius 2 is 1.36 bits per heavy atom. The average Bonchev–Trinajstić information content (AvgIpc) is 2.51. The first-order valence-corrected chi connectivity index (χ1v) is 17.0. The van der Waals surface area contributed by atoms with Gasteiger partial charge < -0.3 is 0 Å². The number of hydrogen-bond donors (Lipinski definition) is 0. The molecule has 0 aromatic heterocycles. The van der Waals surface area contributed by atoms with Crippen LogP contribution in [0.5, 0.6) is 0 Å². The SMILES string of the molecule is CCCN(CC)CC[CH2][In]([CH2]C)[CH2]CCN(CCC)C(C)C. The molecule has 0 amide bonds. The zero-order chi connectivity index (χ0) is 16.8. The number of hydrogen-bond acceptors (Lipinski definition) is 2. The monoisotopic (exact) mass is 414 g/mol. The van der Waals surface area contributed by atoms with E-state index in [1.807, 2.05) is 0 Å². The topological polar surface area (TPSA) is 6.48 Å². The summed E-state index contributed by atoms with van der Waals surface area (Å²) in [5, 5.41) is 0. The van der Waals surface area contributed by atoms with Gasteiger partial charge in [0.1, 0.15) is 0 Å². The van der Waals surface area contributed by atoms with Crippen molar-refractivity contribution in [3.8, 4) is 0 Å². The van der Waals surface area contributed by atoms with E-state index < -0.39 is 21.4 Å². The predicted octanol–water partition coefficient (Wildman–Crippen LogP) is 5.13. The molecule has 0 saturated carbocycles. The third-order valence-electron chi connectivity index (χ3n) is 4.95. The zero-order valence-corrected chi connectivity index (χ0v) is 19.8. The number of nitrogens with zero attached hydrogens (tertiary/aromatic N) is 2. The third kappa shape index (κ3) is 11.3. The van der Waals surface area contributed by atoms with Crippen molar-refractivity contribution in [3.63, 3.8) is 0 Å². The van der Waals surface area contributed by atoms with Crippen LogP contribution in [0.15, 0.2) is 0 Å². The first-order valence-electron chi connectivity index (χ1n) is 10.0. The maximum absolute atomic E-state index is 2.68. The van der Waals surface area contributed by atoms with Gasteiger partial charge in [0.25, 0.3) is 0 Å². The van der Waals surface area contributed by atoms with Gasteiger partial charge in [-0.2, -0.15) is 0 Å². The van der Waals surface area contributed by atoms with Crippen LogP contribution in [0.3, 0.4) is 0 Å². The second-order valence-electron chi connectivity index (χ2n) is 7.12. The molecule has 2 nitrogen and oxygen atoms in total. The van der Waals surface area contributed by atoms with Crippen molar-refractivity contribution in [3.05, 3.63) is 0 Å². The molecule has 0 aliphatic rings. The summed E-state index contributed by atoms with van der Waals surface area (Å²) in [5.41, 5.74) is 0. The first-order chi connectivity index (χ1) is 10.6. The molecule has 0 spiro atoms. The molecule has 0 bridgehead atoms. The molecule has 0 atom stereocenters. The predicted molar refractivity (Wildman–Crippen MR) is 104 cm³/mol. The summed E-state index contributed by atoms with van der Waals surface area (Å²) in [6.45, 7) is 20.6. The van der Waals surface area contributed by atoms with Crippen molar-refractivity contribution in [1.82, 2.24) is 9.80 Å². The summed E-state index contributed by atoms with van der Waals surface area (Å²) >= 11 is -1.19. The molecular weight excluding hydrogens is 371 g/mol. The van der Waals surface area contributed by atoms with Crippen molar-refractivity contribution >= 4 is 21.4 Å². The van der Waals surface area contributed by atoms with Gasteiger partial charge in [0.2, 0.25) is 0 Å². The van der Waals surface area contributed by atoms with Gasteiger partial charge in [-0.15, -0.1) is 0 Å². The van der Waals surface area contributed by atoms with Crippen LogP contribution in [0.2, 0.25) is 12.5 Å². The Bertz CT molecular complexity index is 233. The van der Waals surface area contributed by atoms with Crippen molar-refractivity contribution in [1.29, 1.82) is 0 Å². The molecule has 3 heteroatoms. The van der Waals surface area contributed by atoms with Gasteiger partial charge in [-0.05, 0) is 0 Å². The first kappa shape index (κ1) is 22.8. The Hall–Kier alpha value is 0.790. The van der Waals surface area contributed by atoms with E-state index in [0.29, 0.717) is 0 Å². The van der Waals surface area contributed by atoms with Crippen LogP contribution in [0.25, 0.3) is 0 Å². The quantitative estimate of drug-likeness (QED) is 0.366. The summed E-state index contributed by atoms with van der Waals surface area (Å²) in [7, 11) is 0. The Morgan fingerprint density at radius 1 is 0.773 bits per heavy atom. The van der Waals surface area contributed by atoms with E-state index in [9.17, 15) is 0 Å². The van der Waals surface area contributed by atoms with Crippen molar-refractivity contribution in [2.45, 2.75) is 85.8 Å². The van der Waals surface area contributed by atoms with Gasteiger partial charge in [0.05, 0.1) is 0 Å². The summed E-state index contributed by atoms with van der Waals surface area (Å²) < 4.78 is 4.83. The second-order valence-corrected chi connectivity index (χ2v) is 17.7. The van der Waals surface area contributed by atoms with Crippen molar-refractivity contribution < 1.29 is 0 Å². The van der Waals surface area contributed by atoms with Gasteiger partial charge in [0, 0.05) is 0 Å². The van der Waals surface area contributed by atoms with E-state index in [-0.39, 0.29) is 0 Å². The molecule has 0 aliphatic carbocycles. The fourth-order valence-electron chi connectivity index (χ4n) is 3.40. The maximum atomic E-state index is 2.68. The van der Waals surface area contributed by atoms with Gasteiger partial charge in [-0.1, -0.05) is 0 Å². The van der Waals surface area contributed by atoms with Gasteiger partial charge in [-0.25, -0.2) is 0 Å². The molecule has 132 valence electrons. The Balaban J connectivity index is 3.91. The Labute approximate surface area is 149 Å². The van der Waals surface area contributed by atoms with E-state index in [4.69, 9.17) is 0 Å². The molecule has 0 fully saturated rings. The van der Waals surface area contributed by atoms with E-state index >= 15 is 0 Å². The minimum absolute atomic E-state index is 0.724. The van der Waals surface area contributed by atoms with Gasteiger partial charge in [-0.3, -0.25) is 0 Å². The second kappa shape index (κ2) is 15.3. The molecular formula is C19H43InN2. The summed E-state index contributed by atoms with van der Waals surface area (Å²) in [4.78, 5) is 5.32. The Morgan fingerprint density at radius 3 is 1.82 bits per heavy atom. The van der Waals surface area contributed by atoms with Crippen LogP contribution < -0.4 is 0 Å². The van der Waals surface area contributed by atoms with Gasteiger partial charge in [0.15, 0.2) is 0 Å². The molecule has 0 aliphatic heterocycles. The molecule has 0 rings (SSSR count). The fraction of sp³-hybridized carbons (Fsp3) is 1.00. The molecule has 0 unspecified atom stereocenters. The minimum atomic E-state index is -1.19. The van der Waals surface area contributed by atoms with E-state index in [1.54, 1.807) is 12.5 Å². The third-order valence-corrected chi connectivity index (χ3v) is 15.2. The zero-order valence-electron chi connectivity index (χ0n) is 16.5. The fourth-order valence-corrected chi connectivity index (χ4v) is 10.9. The van der Waals surface area contributed by atoms with Crippen molar-refractivity contribution in [2.24, 2.45) is 0 Å². The molecule has 0 heterocycles. The van der Waals surface area contributed by atoms with Crippen LogP contribution in [-0.4, -0.2) is 70.0 Å². The van der Waals surface area contributed by atoms with E-state index in [0.717, 1.165) is 6.04 Å².